The number of furan rings is 1. The maximum absolute atomic E-state index is 6.29. The summed E-state index contributed by atoms with van der Waals surface area (Å²) in [4.78, 5) is 0. The molecule has 2 atom stereocenters. The van der Waals surface area contributed by atoms with Crippen molar-refractivity contribution in [2.75, 3.05) is 0 Å². The molecule has 0 saturated heterocycles. The van der Waals surface area contributed by atoms with E-state index in [1.165, 1.54) is 10.8 Å². The van der Waals surface area contributed by atoms with Crippen LogP contribution in [0.4, 0.5) is 0 Å². The maximum atomic E-state index is 6.29. The first-order valence-corrected chi connectivity index (χ1v) is 9.98. The van der Waals surface area contributed by atoms with Gasteiger partial charge in [-0.05, 0) is 52.7 Å². The minimum Gasteiger partial charge on any atom is -0.463 e. The quantitative estimate of drug-likeness (QED) is 0.394. The lowest BCUT2D eigenvalue weighted by Crippen LogP contribution is -2.33. The molecule has 4 aromatic rings. The number of hydrogen-bond acceptors (Lipinski definition) is 4. The summed E-state index contributed by atoms with van der Waals surface area (Å²) in [5.74, 6) is 1.56. The number of fused-ring (bicyclic) bond motifs is 4. The molecule has 3 aromatic carbocycles. The van der Waals surface area contributed by atoms with Gasteiger partial charge in [0, 0.05) is 17.0 Å². The number of benzene rings is 3. The van der Waals surface area contributed by atoms with Crippen molar-refractivity contribution in [3.8, 4) is 5.75 Å². The van der Waals surface area contributed by atoms with Gasteiger partial charge >= 0.3 is 0 Å². The normalized spacial score (nSPS) is 20.2. The van der Waals surface area contributed by atoms with Crippen LogP contribution in [0.3, 0.4) is 0 Å². The second-order valence-corrected chi connectivity index (χ2v) is 7.81. The van der Waals surface area contributed by atoms with Crippen LogP contribution in [0.15, 0.2) is 88.6 Å². The summed E-state index contributed by atoms with van der Waals surface area (Å²) >= 11 is 6.29. The molecule has 2 aliphatic rings. The molecule has 0 spiro atoms. The molecule has 3 heterocycles. The van der Waals surface area contributed by atoms with Crippen LogP contribution >= 0.6 is 11.6 Å². The monoisotopic (exact) mass is 400 g/mol. The second kappa shape index (κ2) is 6.39. The van der Waals surface area contributed by atoms with E-state index in [-0.39, 0.29) is 6.04 Å². The highest BCUT2D eigenvalue weighted by Crippen LogP contribution is 2.48. The van der Waals surface area contributed by atoms with Gasteiger partial charge in [-0.2, -0.15) is 5.10 Å². The Morgan fingerprint density at radius 3 is 2.69 bits per heavy atom. The smallest absolute Gasteiger partial charge is 0.246 e. The lowest BCUT2D eigenvalue weighted by atomic mass is 9.95. The molecular weight excluding hydrogens is 384 g/mol. The minimum absolute atomic E-state index is 0.0500. The molecule has 0 amide bonds. The topological polar surface area (TPSA) is 38.0 Å². The van der Waals surface area contributed by atoms with Gasteiger partial charge in [0.05, 0.1) is 18.0 Å². The van der Waals surface area contributed by atoms with Crippen molar-refractivity contribution in [1.29, 1.82) is 0 Å². The van der Waals surface area contributed by atoms with Gasteiger partial charge in [-0.25, -0.2) is 5.01 Å². The first-order chi connectivity index (χ1) is 14.3. The van der Waals surface area contributed by atoms with Crippen LogP contribution < -0.4 is 4.74 Å². The van der Waals surface area contributed by atoms with Crippen LogP contribution in [0.5, 0.6) is 5.75 Å². The molecule has 0 saturated carbocycles. The molecular formula is C24H17ClN2O2. The summed E-state index contributed by atoms with van der Waals surface area (Å²) in [5, 5.41) is 10.1. The molecule has 4 nitrogen and oxygen atoms in total. The Hall–Kier alpha value is -3.24. The average molecular weight is 401 g/mol. The van der Waals surface area contributed by atoms with Crippen molar-refractivity contribution in [2.24, 2.45) is 5.10 Å². The fraction of sp³-hybridized carbons (Fsp3) is 0.125. The van der Waals surface area contributed by atoms with Crippen molar-refractivity contribution in [1.82, 2.24) is 5.01 Å². The van der Waals surface area contributed by atoms with E-state index in [1.807, 2.05) is 35.3 Å². The first kappa shape index (κ1) is 16.7. The number of nitrogens with zero attached hydrogens (tertiary/aromatic N) is 2. The summed E-state index contributed by atoms with van der Waals surface area (Å²) in [6.45, 7) is 0. The van der Waals surface area contributed by atoms with E-state index in [4.69, 9.17) is 25.9 Å². The molecule has 0 fully saturated rings. The van der Waals surface area contributed by atoms with Gasteiger partial charge in [-0.15, -0.1) is 0 Å². The van der Waals surface area contributed by atoms with Gasteiger partial charge in [0.1, 0.15) is 5.75 Å². The number of hydrogen-bond donors (Lipinski definition) is 0. The fourth-order valence-electron chi connectivity index (χ4n) is 4.22. The third-order valence-electron chi connectivity index (χ3n) is 5.62. The molecule has 1 aromatic heterocycles. The van der Waals surface area contributed by atoms with Crippen LogP contribution in [0.25, 0.3) is 10.8 Å². The molecule has 6 rings (SSSR count). The zero-order valence-electron chi connectivity index (χ0n) is 15.5. The average Bonchev–Trinajstić information content (AvgIpc) is 3.43. The summed E-state index contributed by atoms with van der Waals surface area (Å²) in [5.41, 5.74) is 3.22. The summed E-state index contributed by atoms with van der Waals surface area (Å²) in [6, 6.07) is 24.5. The summed E-state index contributed by atoms with van der Waals surface area (Å²) < 4.78 is 11.9. The van der Waals surface area contributed by atoms with Crippen LogP contribution in [-0.2, 0) is 0 Å². The fourth-order valence-corrected chi connectivity index (χ4v) is 4.40. The Kier molecular flexibility index (Phi) is 3.68. The Morgan fingerprint density at radius 1 is 0.931 bits per heavy atom. The van der Waals surface area contributed by atoms with Crippen molar-refractivity contribution in [3.63, 3.8) is 0 Å². The van der Waals surface area contributed by atoms with E-state index < -0.39 is 6.23 Å². The Morgan fingerprint density at radius 2 is 1.83 bits per heavy atom. The molecule has 0 aliphatic carbocycles. The molecule has 2 unspecified atom stereocenters. The highest BCUT2D eigenvalue weighted by molar-refractivity contribution is 6.30. The van der Waals surface area contributed by atoms with E-state index >= 15 is 0 Å². The second-order valence-electron chi connectivity index (χ2n) is 7.38. The third-order valence-corrected chi connectivity index (χ3v) is 5.86. The zero-order chi connectivity index (χ0) is 19.4. The predicted octanol–water partition coefficient (Wildman–Crippen LogP) is 6.33. The third kappa shape index (κ3) is 2.71. The van der Waals surface area contributed by atoms with Crippen molar-refractivity contribution in [2.45, 2.75) is 18.7 Å². The lowest BCUT2D eigenvalue weighted by Gasteiger charge is -2.36. The lowest BCUT2D eigenvalue weighted by molar-refractivity contribution is -0.0325. The van der Waals surface area contributed by atoms with Crippen LogP contribution in [0.2, 0.25) is 5.02 Å². The summed E-state index contributed by atoms with van der Waals surface area (Å²) in [6.07, 6.45) is 2.04. The van der Waals surface area contributed by atoms with Gasteiger partial charge in [-0.3, -0.25) is 0 Å². The largest absolute Gasteiger partial charge is 0.463 e. The summed E-state index contributed by atoms with van der Waals surface area (Å²) in [7, 11) is 0. The van der Waals surface area contributed by atoms with E-state index in [0.717, 1.165) is 34.8 Å². The van der Waals surface area contributed by atoms with Crippen molar-refractivity contribution >= 4 is 28.1 Å². The van der Waals surface area contributed by atoms with E-state index in [0.29, 0.717) is 5.02 Å². The van der Waals surface area contributed by atoms with Gasteiger partial charge < -0.3 is 9.15 Å². The van der Waals surface area contributed by atoms with Crippen molar-refractivity contribution < 1.29 is 9.15 Å². The van der Waals surface area contributed by atoms with Gasteiger partial charge in [-0.1, -0.05) is 48.0 Å². The number of halogens is 1. The van der Waals surface area contributed by atoms with E-state index in [9.17, 15) is 0 Å². The maximum Gasteiger partial charge on any atom is 0.246 e. The Labute approximate surface area is 173 Å². The van der Waals surface area contributed by atoms with E-state index in [2.05, 4.69) is 42.5 Å². The van der Waals surface area contributed by atoms with Gasteiger partial charge in [0.25, 0.3) is 0 Å². The van der Waals surface area contributed by atoms with Gasteiger partial charge in [0.15, 0.2) is 5.76 Å². The standard InChI is InChI=1S/C24H17ClN2O2/c25-18-9-10-22-19(13-18)21-14-20(17-8-7-15-4-1-2-5-16(15)12-17)26-27(21)24(29-22)23-6-3-11-28-23/h1-13,21,24H,14H2. The van der Waals surface area contributed by atoms with Crippen LogP contribution in [-0.4, -0.2) is 10.7 Å². The predicted molar refractivity (Wildman–Crippen MR) is 113 cm³/mol. The zero-order valence-corrected chi connectivity index (χ0v) is 16.2. The molecule has 0 N–H and O–H groups in total. The SMILES string of the molecule is Clc1ccc2c(c1)C1CC(c3ccc4ccccc4c3)=NN1C(c1ccco1)O2. The molecule has 5 heteroatoms. The number of rotatable bonds is 2. The number of ether oxygens (including phenoxy) is 1. The van der Waals surface area contributed by atoms with Gasteiger partial charge in [0.2, 0.25) is 6.23 Å². The molecule has 2 aliphatic heterocycles. The Bertz CT molecular complexity index is 1250. The number of hydrazone groups is 1. The molecule has 29 heavy (non-hydrogen) atoms. The Balaban J connectivity index is 1.46. The minimum atomic E-state index is -0.401. The van der Waals surface area contributed by atoms with Crippen LogP contribution in [0.1, 0.15) is 35.6 Å². The highest BCUT2D eigenvalue weighted by Gasteiger charge is 2.42. The molecule has 0 bridgehead atoms. The molecule has 0 radical (unpaired) electrons. The van der Waals surface area contributed by atoms with Crippen LogP contribution in [0, 0.1) is 0 Å². The molecule has 142 valence electrons. The highest BCUT2D eigenvalue weighted by atomic mass is 35.5. The van der Waals surface area contributed by atoms with Crippen molar-refractivity contribution in [3.05, 3.63) is 101 Å². The first-order valence-electron chi connectivity index (χ1n) is 9.61. The van der Waals surface area contributed by atoms with E-state index in [1.54, 1.807) is 6.26 Å².